The number of nitrogens with zero attached hydrogens (tertiary/aromatic N) is 4. The number of nitrogens with one attached hydrogen (secondary N) is 4. The SMILES string of the molecule is COc1nc(-c2cccc(-c3cccc(-c4cnc(CNC(C)(C)CNC(C)=O)c(OC)n4)c3Cl)c2Cl)cnc1CNC[C@@H]1CCC(=O)N1. The maximum Gasteiger partial charge on any atom is 0.237 e. The zero-order valence-electron chi connectivity index (χ0n) is 28.1. The Bertz CT molecular complexity index is 1840. The first-order valence-electron chi connectivity index (χ1n) is 15.9. The fraction of sp³-hybridized carbons (Fsp3) is 0.371. The maximum absolute atomic E-state index is 11.5. The summed E-state index contributed by atoms with van der Waals surface area (Å²) in [5, 5.41) is 13.4. The Balaban J connectivity index is 1.37. The summed E-state index contributed by atoms with van der Waals surface area (Å²) in [6.45, 7) is 7.35. The third kappa shape index (κ3) is 8.82. The van der Waals surface area contributed by atoms with Gasteiger partial charge in [-0.1, -0.05) is 59.6 Å². The monoisotopic (exact) mass is 706 g/mol. The number of aromatic nitrogens is 4. The highest BCUT2D eigenvalue weighted by molar-refractivity contribution is 6.39. The van der Waals surface area contributed by atoms with Crippen molar-refractivity contribution in [2.75, 3.05) is 27.3 Å². The zero-order chi connectivity index (χ0) is 35.1. The first-order valence-corrected chi connectivity index (χ1v) is 16.6. The van der Waals surface area contributed by atoms with E-state index in [1.54, 1.807) is 26.6 Å². The molecule has 5 rings (SSSR count). The lowest BCUT2D eigenvalue weighted by Gasteiger charge is -2.26. The standard InChI is InChI=1S/C35H40Cl2N8O4/c1-20(46)41-19-35(2,3)42-18-29-34(49-5)45-27(17-40-29)25-11-7-9-23(32(25)37)22-8-6-10-24(31(22)36)26-16-39-28(33(44-26)48-4)15-38-14-21-12-13-30(47)43-21/h6-11,16-17,21,38,42H,12-15,18-19H2,1-5H3,(H,41,46)(H,43,47)/t21-/m0/s1. The van der Waals surface area contributed by atoms with Gasteiger partial charge in [0.15, 0.2) is 0 Å². The van der Waals surface area contributed by atoms with E-state index in [-0.39, 0.29) is 23.4 Å². The van der Waals surface area contributed by atoms with Crippen LogP contribution in [0.5, 0.6) is 11.8 Å². The second-order valence-electron chi connectivity index (χ2n) is 12.3. The van der Waals surface area contributed by atoms with E-state index in [1.807, 2.05) is 50.2 Å². The molecule has 0 spiro atoms. The molecule has 4 aromatic rings. The highest BCUT2D eigenvalue weighted by Gasteiger charge is 2.23. The van der Waals surface area contributed by atoms with Crippen molar-refractivity contribution in [1.82, 2.24) is 41.2 Å². The van der Waals surface area contributed by atoms with Gasteiger partial charge in [-0.15, -0.1) is 0 Å². The molecule has 0 unspecified atom stereocenters. The van der Waals surface area contributed by atoms with E-state index >= 15 is 0 Å². The number of methoxy groups -OCH3 is 2. The van der Waals surface area contributed by atoms with Crippen LogP contribution in [0.1, 0.15) is 45.0 Å². The van der Waals surface area contributed by atoms with E-state index in [1.165, 1.54) is 6.92 Å². The van der Waals surface area contributed by atoms with E-state index in [9.17, 15) is 9.59 Å². The Morgan fingerprint density at radius 3 is 1.92 bits per heavy atom. The van der Waals surface area contributed by atoms with E-state index < -0.39 is 0 Å². The van der Waals surface area contributed by atoms with E-state index in [2.05, 4.69) is 31.2 Å². The molecular weight excluding hydrogens is 667 g/mol. The Morgan fingerprint density at radius 1 is 0.898 bits per heavy atom. The molecule has 3 heterocycles. The molecule has 258 valence electrons. The van der Waals surface area contributed by atoms with Crippen LogP contribution in [-0.4, -0.2) is 70.6 Å². The number of hydrogen-bond acceptors (Lipinski definition) is 10. The second-order valence-corrected chi connectivity index (χ2v) is 13.1. The van der Waals surface area contributed by atoms with Gasteiger partial charge in [0.2, 0.25) is 23.6 Å². The van der Waals surface area contributed by atoms with Crippen molar-refractivity contribution in [2.45, 2.75) is 58.3 Å². The first kappa shape index (κ1) is 35.9. The van der Waals surface area contributed by atoms with Gasteiger partial charge in [-0.05, 0) is 20.3 Å². The molecule has 1 saturated heterocycles. The summed E-state index contributed by atoms with van der Waals surface area (Å²) in [5.74, 6) is 0.723. The van der Waals surface area contributed by atoms with Gasteiger partial charge < -0.3 is 30.7 Å². The highest BCUT2D eigenvalue weighted by Crippen LogP contribution is 2.42. The zero-order valence-corrected chi connectivity index (χ0v) is 29.6. The van der Waals surface area contributed by atoms with Gasteiger partial charge in [-0.3, -0.25) is 19.6 Å². The number of rotatable bonds is 14. The quantitative estimate of drug-likeness (QED) is 0.142. The predicted molar refractivity (Wildman–Crippen MR) is 190 cm³/mol. The fourth-order valence-electron chi connectivity index (χ4n) is 5.42. The van der Waals surface area contributed by atoms with Crippen LogP contribution in [0.4, 0.5) is 0 Å². The number of carbonyl (C=O) groups is 2. The molecule has 1 aliphatic heterocycles. The van der Waals surface area contributed by atoms with Crippen LogP contribution >= 0.6 is 23.2 Å². The summed E-state index contributed by atoms with van der Waals surface area (Å²) in [5.41, 5.74) is 4.70. The molecule has 0 aliphatic carbocycles. The van der Waals surface area contributed by atoms with Crippen LogP contribution in [0.3, 0.4) is 0 Å². The van der Waals surface area contributed by atoms with Crippen molar-refractivity contribution in [3.05, 3.63) is 70.2 Å². The molecule has 0 bridgehead atoms. The van der Waals surface area contributed by atoms with Gasteiger partial charge in [-0.2, -0.15) is 0 Å². The van der Waals surface area contributed by atoms with Crippen molar-refractivity contribution in [2.24, 2.45) is 0 Å². The van der Waals surface area contributed by atoms with Crippen molar-refractivity contribution < 1.29 is 19.1 Å². The fourth-order valence-corrected chi connectivity index (χ4v) is 6.07. The van der Waals surface area contributed by atoms with Crippen LogP contribution < -0.4 is 30.7 Å². The Kier molecular flexibility index (Phi) is 11.7. The molecule has 12 nitrogen and oxygen atoms in total. The van der Waals surface area contributed by atoms with Gasteiger partial charge in [-0.25, -0.2) is 9.97 Å². The van der Waals surface area contributed by atoms with Gasteiger partial charge in [0.1, 0.15) is 11.4 Å². The van der Waals surface area contributed by atoms with Gasteiger partial charge in [0.25, 0.3) is 0 Å². The minimum atomic E-state index is -0.380. The third-order valence-electron chi connectivity index (χ3n) is 8.13. The van der Waals surface area contributed by atoms with Crippen LogP contribution in [0.15, 0.2) is 48.8 Å². The van der Waals surface area contributed by atoms with Gasteiger partial charge >= 0.3 is 0 Å². The molecule has 0 radical (unpaired) electrons. The number of ether oxygens (including phenoxy) is 2. The lowest BCUT2D eigenvalue weighted by Crippen LogP contribution is -2.48. The minimum Gasteiger partial charge on any atom is -0.480 e. The van der Waals surface area contributed by atoms with Crippen molar-refractivity contribution >= 4 is 35.0 Å². The molecular formula is C35H40Cl2N8O4. The second kappa shape index (κ2) is 15.9. The van der Waals surface area contributed by atoms with E-state index in [4.69, 9.17) is 42.6 Å². The molecule has 1 aliphatic rings. The van der Waals surface area contributed by atoms with Crippen LogP contribution in [0.2, 0.25) is 10.0 Å². The molecule has 2 aromatic carbocycles. The summed E-state index contributed by atoms with van der Waals surface area (Å²) < 4.78 is 11.2. The van der Waals surface area contributed by atoms with Gasteiger partial charge in [0, 0.05) is 73.4 Å². The topological polar surface area (TPSA) is 152 Å². The van der Waals surface area contributed by atoms with Crippen molar-refractivity contribution in [3.8, 4) is 45.4 Å². The average molecular weight is 708 g/mol. The molecule has 1 fully saturated rings. The summed E-state index contributed by atoms with van der Waals surface area (Å²) in [6, 6.07) is 11.4. The van der Waals surface area contributed by atoms with Crippen LogP contribution in [-0.2, 0) is 22.7 Å². The molecule has 4 N–H and O–H groups in total. The predicted octanol–water partition coefficient (Wildman–Crippen LogP) is 4.96. The van der Waals surface area contributed by atoms with Crippen LogP contribution in [0.25, 0.3) is 33.6 Å². The van der Waals surface area contributed by atoms with Crippen molar-refractivity contribution in [3.63, 3.8) is 0 Å². The summed E-state index contributed by atoms with van der Waals surface area (Å²) in [6.07, 6.45) is 4.68. The average Bonchev–Trinajstić information content (AvgIpc) is 3.51. The largest absolute Gasteiger partial charge is 0.480 e. The normalized spacial score (nSPS) is 14.4. The Hall–Kier alpha value is -4.36. The lowest BCUT2D eigenvalue weighted by atomic mass is 9.98. The highest BCUT2D eigenvalue weighted by atomic mass is 35.5. The molecule has 49 heavy (non-hydrogen) atoms. The molecule has 0 saturated carbocycles. The third-order valence-corrected chi connectivity index (χ3v) is 8.95. The van der Waals surface area contributed by atoms with Crippen LogP contribution in [0, 0.1) is 0 Å². The van der Waals surface area contributed by atoms with E-state index in [0.717, 1.165) is 6.42 Å². The number of halogens is 2. The van der Waals surface area contributed by atoms with E-state index in [0.29, 0.717) is 99.4 Å². The first-order chi connectivity index (χ1) is 23.5. The number of carbonyl (C=O) groups excluding carboxylic acids is 2. The molecule has 2 aromatic heterocycles. The molecule has 2 amide bonds. The maximum atomic E-state index is 11.5. The number of amides is 2. The Labute approximate surface area is 295 Å². The molecule has 14 heteroatoms. The van der Waals surface area contributed by atoms with Gasteiger partial charge in [0.05, 0.1) is 48.0 Å². The number of hydrogen-bond donors (Lipinski definition) is 4. The smallest absolute Gasteiger partial charge is 0.237 e. The lowest BCUT2D eigenvalue weighted by molar-refractivity contribution is -0.120. The summed E-state index contributed by atoms with van der Waals surface area (Å²) >= 11 is 14.1. The summed E-state index contributed by atoms with van der Waals surface area (Å²) in [4.78, 5) is 41.5. The Morgan fingerprint density at radius 2 is 1.43 bits per heavy atom. The number of benzene rings is 2. The molecule has 1 atom stereocenters. The summed E-state index contributed by atoms with van der Waals surface area (Å²) in [7, 11) is 3.09. The van der Waals surface area contributed by atoms with Crippen molar-refractivity contribution in [1.29, 1.82) is 0 Å². The minimum absolute atomic E-state index is 0.0779.